The van der Waals surface area contributed by atoms with Gasteiger partial charge in [-0.3, -0.25) is 13.2 Å². The monoisotopic (exact) mass is 292 g/mol. The second-order valence-corrected chi connectivity index (χ2v) is 4.48. The van der Waals surface area contributed by atoms with Crippen LogP contribution in [-0.4, -0.2) is 0 Å². The molecule has 0 aromatic heterocycles. The van der Waals surface area contributed by atoms with Gasteiger partial charge in [-0.05, 0) is 0 Å². The van der Waals surface area contributed by atoms with Gasteiger partial charge >= 0.3 is 88.7 Å². The third-order valence-corrected chi connectivity index (χ3v) is 3.35. The van der Waals surface area contributed by atoms with E-state index < -0.39 is 24.3 Å². The maximum atomic E-state index is 10.1. The molecule has 0 aliphatic carbocycles. The van der Waals surface area contributed by atoms with Crippen LogP contribution in [0.15, 0.2) is 0 Å². The molecule has 0 N–H and O–H groups in total. The Morgan fingerprint density at radius 3 is 1.29 bits per heavy atom. The van der Waals surface area contributed by atoms with Crippen molar-refractivity contribution in [2.75, 3.05) is 0 Å². The molecule has 0 rings (SSSR count). The molecule has 14 heavy (non-hydrogen) atoms. The summed E-state index contributed by atoms with van der Waals surface area (Å²) in [6.07, 6.45) is 0. The molecule has 14 heteroatoms. The summed E-state index contributed by atoms with van der Waals surface area (Å²) in [5.74, 6) is 0. The standard InChI is InChI=1S/3Na.H5O8P3/c;;;1-9(2)7-11(5,6)8-10(3)4/h;;;9-10H,(H,1,2)(H,3,4)(H,5,6)/q3*+1;/p-3. The van der Waals surface area contributed by atoms with Gasteiger partial charge in [0, 0.05) is 0 Å². The SMILES string of the molecule is O=[PH]([O-])OP(=O)([O-])O[PH](=O)[O-].[Na+].[Na+].[Na+]. The van der Waals surface area contributed by atoms with Crippen molar-refractivity contribution in [2.45, 2.75) is 0 Å². The van der Waals surface area contributed by atoms with Crippen LogP contribution < -0.4 is 103 Å². The van der Waals surface area contributed by atoms with Gasteiger partial charge in [-0.1, -0.05) is 0 Å². The molecule has 0 saturated carbocycles. The minimum Gasteiger partial charge on any atom is -0.781 e. The van der Waals surface area contributed by atoms with E-state index in [2.05, 4.69) is 8.62 Å². The van der Waals surface area contributed by atoms with Crippen LogP contribution in [0.5, 0.6) is 0 Å². The van der Waals surface area contributed by atoms with Crippen molar-refractivity contribution in [2.24, 2.45) is 0 Å². The summed E-state index contributed by atoms with van der Waals surface area (Å²) in [6.45, 7) is 0. The van der Waals surface area contributed by atoms with Crippen molar-refractivity contribution in [1.29, 1.82) is 0 Å². The van der Waals surface area contributed by atoms with Crippen molar-refractivity contribution in [3.05, 3.63) is 0 Å². The van der Waals surface area contributed by atoms with Crippen LogP contribution in [0.1, 0.15) is 0 Å². The van der Waals surface area contributed by atoms with Gasteiger partial charge in [0.1, 0.15) is 16.5 Å². The fourth-order valence-electron chi connectivity index (χ4n) is 0.201. The number of phosphoric acid groups is 1. The molecule has 0 aliphatic rings. The predicted molar refractivity (Wildman–Crippen MR) is 27.8 cm³/mol. The first kappa shape index (κ1) is 26.1. The first-order valence-electron chi connectivity index (χ1n) is 1.96. The summed E-state index contributed by atoms with van der Waals surface area (Å²) >= 11 is 0. The largest absolute Gasteiger partial charge is 1.00 e. The third-order valence-electron chi connectivity index (χ3n) is 0.373. The maximum absolute atomic E-state index is 10.1. The number of rotatable bonds is 4. The van der Waals surface area contributed by atoms with E-state index in [9.17, 15) is 28.4 Å². The Kier molecular flexibility index (Phi) is 24.1. The van der Waals surface area contributed by atoms with Gasteiger partial charge in [0.15, 0.2) is 0 Å². The molecule has 2 unspecified atom stereocenters. The Hall–Kier alpha value is 3.49. The molecule has 68 valence electrons. The topological polar surface area (TPSA) is 139 Å². The van der Waals surface area contributed by atoms with E-state index in [4.69, 9.17) is 0 Å². The van der Waals surface area contributed by atoms with Gasteiger partial charge in [-0.25, -0.2) is 0 Å². The Bertz CT molecular complexity index is 206. The molecule has 0 spiro atoms. The molecule has 0 amide bonds. The van der Waals surface area contributed by atoms with Gasteiger partial charge in [-0.15, -0.1) is 0 Å². The molecule has 8 nitrogen and oxygen atoms in total. The van der Waals surface area contributed by atoms with Gasteiger partial charge in [0.25, 0.3) is 7.82 Å². The first-order chi connectivity index (χ1) is 4.83. The van der Waals surface area contributed by atoms with E-state index in [1.165, 1.54) is 0 Å². The maximum Gasteiger partial charge on any atom is 1.00 e. The minimum atomic E-state index is -5.21. The van der Waals surface area contributed by atoms with E-state index in [0.717, 1.165) is 0 Å². The molecule has 0 radical (unpaired) electrons. The fourth-order valence-corrected chi connectivity index (χ4v) is 2.15. The Morgan fingerprint density at radius 1 is 0.929 bits per heavy atom. The average Bonchev–Trinajstić information content (AvgIpc) is 1.53. The van der Waals surface area contributed by atoms with Gasteiger partial charge in [0.05, 0.1) is 0 Å². The van der Waals surface area contributed by atoms with E-state index >= 15 is 0 Å². The second kappa shape index (κ2) is 12.9. The van der Waals surface area contributed by atoms with Crippen molar-refractivity contribution in [1.82, 2.24) is 0 Å². The third kappa shape index (κ3) is 17.9. The van der Waals surface area contributed by atoms with Crippen molar-refractivity contribution in [3.8, 4) is 0 Å². The Labute approximate surface area is 148 Å². The average molecular weight is 292 g/mol. The quantitative estimate of drug-likeness (QED) is 0.367. The molecule has 0 heterocycles. The number of hydrogen-bond donors (Lipinski definition) is 0. The van der Waals surface area contributed by atoms with Crippen LogP contribution in [0.3, 0.4) is 0 Å². The zero-order chi connectivity index (χ0) is 9.07. The fraction of sp³-hybridized carbons (Fsp3) is 0. The van der Waals surface area contributed by atoms with Crippen LogP contribution in [0.2, 0.25) is 0 Å². The summed E-state index contributed by atoms with van der Waals surface area (Å²) in [5.41, 5.74) is 0. The van der Waals surface area contributed by atoms with Gasteiger partial charge in [0.2, 0.25) is 0 Å². The van der Waals surface area contributed by atoms with Gasteiger partial charge in [-0.2, -0.15) is 0 Å². The van der Waals surface area contributed by atoms with Crippen molar-refractivity contribution < 1.29 is 126 Å². The second-order valence-electron chi connectivity index (χ2n) is 1.13. The zero-order valence-corrected chi connectivity index (χ0v) is 16.6. The van der Waals surface area contributed by atoms with Crippen LogP contribution in [0.4, 0.5) is 0 Å². The smallest absolute Gasteiger partial charge is 0.781 e. The summed E-state index contributed by atoms with van der Waals surface area (Å²) < 4.78 is 35.6. The Balaban J connectivity index is -0.000000167. The normalized spacial score (nSPS) is 17.4. The van der Waals surface area contributed by atoms with Crippen molar-refractivity contribution >= 4 is 24.3 Å². The van der Waals surface area contributed by atoms with Crippen LogP contribution in [0.25, 0.3) is 0 Å². The molecular formula is H2Na3O8P3. The Morgan fingerprint density at radius 2 is 1.14 bits per heavy atom. The molecule has 0 aliphatic heterocycles. The summed E-state index contributed by atoms with van der Waals surface area (Å²) in [4.78, 5) is 29.3. The minimum absolute atomic E-state index is 0. The zero-order valence-electron chi connectivity index (χ0n) is 7.71. The summed E-state index contributed by atoms with van der Waals surface area (Å²) in [6, 6.07) is 0. The van der Waals surface area contributed by atoms with E-state index in [1.54, 1.807) is 0 Å². The summed E-state index contributed by atoms with van der Waals surface area (Å²) in [7, 11) is -13.2. The van der Waals surface area contributed by atoms with Crippen LogP contribution >= 0.6 is 24.3 Å². The first-order valence-corrected chi connectivity index (χ1v) is 5.87. The van der Waals surface area contributed by atoms with E-state index in [-0.39, 0.29) is 88.7 Å². The molecular weight excluding hydrogens is 290 g/mol. The number of hydrogen-bond acceptors (Lipinski definition) is 8. The summed E-state index contributed by atoms with van der Waals surface area (Å²) in [5, 5.41) is 0. The van der Waals surface area contributed by atoms with E-state index in [0.29, 0.717) is 0 Å². The van der Waals surface area contributed by atoms with E-state index in [1.807, 2.05) is 0 Å². The van der Waals surface area contributed by atoms with Crippen LogP contribution in [0, 0.1) is 0 Å². The molecule has 2 atom stereocenters. The van der Waals surface area contributed by atoms with Crippen LogP contribution in [-0.2, 0) is 22.3 Å². The van der Waals surface area contributed by atoms with Crippen molar-refractivity contribution in [3.63, 3.8) is 0 Å². The molecule has 0 aromatic carbocycles. The molecule has 0 aromatic rings. The molecule has 0 saturated heterocycles. The molecule has 0 fully saturated rings. The van der Waals surface area contributed by atoms with Gasteiger partial charge < -0.3 is 23.8 Å². The molecule has 0 bridgehead atoms. The predicted octanol–water partition coefficient (Wildman–Crippen LogP) is -11.0.